The maximum atomic E-state index is 13.3. The molecular weight excluding hydrogens is 422 g/mol. The quantitative estimate of drug-likeness (QED) is 0.352. The minimum atomic E-state index is -0.362. The summed E-state index contributed by atoms with van der Waals surface area (Å²) in [6, 6.07) is 14.7. The van der Waals surface area contributed by atoms with E-state index >= 15 is 0 Å². The van der Waals surface area contributed by atoms with Gasteiger partial charge in [-0.2, -0.15) is 0 Å². The Labute approximate surface area is 195 Å². The first-order chi connectivity index (χ1) is 15.4. The van der Waals surface area contributed by atoms with Crippen LogP contribution in [0.1, 0.15) is 69.8 Å². The summed E-state index contributed by atoms with van der Waals surface area (Å²) in [4.78, 5) is 32.9. The summed E-state index contributed by atoms with van der Waals surface area (Å²) >= 11 is 6.14. The molecule has 0 saturated carbocycles. The number of amides is 1. The van der Waals surface area contributed by atoms with Crippen molar-refractivity contribution in [1.82, 2.24) is 14.5 Å². The van der Waals surface area contributed by atoms with Crippen molar-refractivity contribution in [2.45, 2.75) is 65.0 Å². The Morgan fingerprint density at radius 2 is 1.81 bits per heavy atom. The van der Waals surface area contributed by atoms with Gasteiger partial charge < -0.3 is 4.90 Å². The van der Waals surface area contributed by atoms with Crippen molar-refractivity contribution in [2.24, 2.45) is 7.05 Å². The van der Waals surface area contributed by atoms with Crippen LogP contribution in [0.15, 0.2) is 53.3 Å². The van der Waals surface area contributed by atoms with Gasteiger partial charge in [-0.25, -0.2) is 4.98 Å². The number of hydrogen-bond acceptors (Lipinski definition) is 3. The van der Waals surface area contributed by atoms with Crippen LogP contribution in [0, 0.1) is 0 Å². The first kappa shape index (κ1) is 24.0. The molecule has 1 unspecified atom stereocenters. The van der Waals surface area contributed by atoms with Crippen molar-refractivity contribution >= 4 is 28.4 Å². The molecule has 170 valence electrons. The van der Waals surface area contributed by atoms with Crippen molar-refractivity contribution in [3.63, 3.8) is 0 Å². The Balaban J connectivity index is 1.92. The number of unbranched alkanes of at least 4 members (excludes halogenated alkanes) is 4. The van der Waals surface area contributed by atoms with Gasteiger partial charge in [0, 0.05) is 25.0 Å². The van der Waals surface area contributed by atoms with E-state index in [9.17, 15) is 9.59 Å². The van der Waals surface area contributed by atoms with Gasteiger partial charge in [0.2, 0.25) is 5.91 Å². The predicted octanol–water partition coefficient (Wildman–Crippen LogP) is 6.04. The SMILES string of the molecule is CCCCCCCC(=O)N(Cc1ccccc1)C(C)c1nc2cc(Cl)ccc2c(=O)n1C. The fourth-order valence-electron chi connectivity index (χ4n) is 4.02. The van der Waals surface area contributed by atoms with Gasteiger partial charge >= 0.3 is 0 Å². The lowest BCUT2D eigenvalue weighted by atomic mass is 10.1. The molecule has 1 amide bonds. The Hall–Kier alpha value is -2.66. The molecule has 1 heterocycles. The van der Waals surface area contributed by atoms with Crippen molar-refractivity contribution in [2.75, 3.05) is 0 Å². The molecule has 0 spiro atoms. The molecule has 0 aliphatic rings. The number of fused-ring (bicyclic) bond motifs is 1. The van der Waals surface area contributed by atoms with Crippen molar-refractivity contribution < 1.29 is 4.79 Å². The van der Waals surface area contributed by atoms with Crippen LogP contribution in [-0.2, 0) is 18.4 Å². The van der Waals surface area contributed by atoms with Crippen molar-refractivity contribution in [3.05, 3.63) is 75.3 Å². The second kappa shape index (κ2) is 11.3. The maximum absolute atomic E-state index is 13.3. The molecule has 0 bridgehead atoms. The molecule has 32 heavy (non-hydrogen) atoms. The normalized spacial score (nSPS) is 12.1. The lowest BCUT2D eigenvalue weighted by molar-refractivity contribution is -0.134. The van der Waals surface area contributed by atoms with E-state index in [4.69, 9.17) is 16.6 Å². The van der Waals surface area contributed by atoms with Gasteiger partial charge in [0.1, 0.15) is 5.82 Å². The summed E-state index contributed by atoms with van der Waals surface area (Å²) in [5, 5.41) is 1.05. The van der Waals surface area contributed by atoms with Crippen LogP contribution in [-0.4, -0.2) is 20.4 Å². The van der Waals surface area contributed by atoms with Crippen LogP contribution in [0.25, 0.3) is 10.9 Å². The van der Waals surface area contributed by atoms with Gasteiger partial charge in [0.05, 0.1) is 16.9 Å². The van der Waals surface area contributed by atoms with E-state index in [0.29, 0.717) is 34.7 Å². The Kier molecular flexibility index (Phi) is 8.46. The molecule has 3 rings (SSSR count). The Morgan fingerprint density at radius 1 is 1.09 bits per heavy atom. The van der Waals surface area contributed by atoms with Gasteiger partial charge in [-0.1, -0.05) is 74.5 Å². The summed E-state index contributed by atoms with van der Waals surface area (Å²) in [6.07, 6.45) is 5.95. The molecule has 0 fully saturated rings. The Morgan fingerprint density at radius 3 is 2.53 bits per heavy atom. The van der Waals surface area contributed by atoms with Crippen LogP contribution < -0.4 is 5.56 Å². The second-order valence-electron chi connectivity index (χ2n) is 8.34. The largest absolute Gasteiger partial charge is 0.328 e. The number of nitrogens with zero attached hydrogens (tertiary/aromatic N) is 3. The molecule has 0 aliphatic heterocycles. The number of aromatic nitrogens is 2. The third-order valence-electron chi connectivity index (χ3n) is 5.92. The second-order valence-corrected chi connectivity index (χ2v) is 8.78. The third-order valence-corrected chi connectivity index (χ3v) is 6.16. The molecule has 0 saturated heterocycles. The standard InChI is InChI=1S/C26H32ClN3O2/c1-4-5-6-7-11-14-24(31)30(18-20-12-9-8-10-13-20)19(2)25-28-23-17-21(27)15-16-22(23)26(32)29(25)3/h8-10,12-13,15-17,19H,4-7,11,14,18H2,1-3H3. The molecule has 0 radical (unpaired) electrons. The lowest BCUT2D eigenvalue weighted by Gasteiger charge is -2.30. The zero-order chi connectivity index (χ0) is 23.1. The molecule has 6 heteroatoms. The van der Waals surface area contributed by atoms with E-state index in [-0.39, 0.29) is 17.5 Å². The van der Waals surface area contributed by atoms with Crippen LogP contribution >= 0.6 is 11.6 Å². The van der Waals surface area contributed by atoms with Gasteiger partial charge in [-0.15, -0.1) is 0 Å². The first-order valence-electron chi connectivity index (χ1n) is 11.4. The summed E-state index contributed by atoms with van der Waals surface area (Å²) in [7, 11) is 1.71. The third kappa shape index (κ3) is 5.77. The van der Waals surface area contributed by atoms with Gasteiger partial charge in [-0.3, -0.25) is 14.2 Å². The minimum Gasteiger partial charge on any atom is -0.328 e. The highest BCUT2D eigenvalue weighted by Gasteiger charge is 2.25. The van der Waals surface area contributed by atoms with E-state index in [1.54, 1.807) is 29.8 Å². The number of hydrogen-bond donors (Lipinski definition) is 0. The molecule has 1 atom stereocenters. The lowest BCUT2D eigenvalue weighted by Crippen LogP contribution is -2.36. The number of carbonyl (C=O) groups is 1. The molecule has 5 nitrogen and oxygen atoms in total. The highest BCUT2D eigenvalue weighted by molar-refractivity contribution is 6.31. The predicted molar refractivity (Wildman–Crippen MR) is 131 cm³/mol. The average Bonchev–Trinajstić information content (AvgIpc) is 2.79. The topological polar surface area (TPSA) is 55.2 Å². The summed E-state index contributed by atoms with van der Waals surface area (Å²) < 4.78 is 1.55. The summed E-state index contributed by atoms with van der Waals surface area (Å²) in [5.74, 6) is 0.637. The first-order valence-corrected chi connectivity index (χ1v) is 11.8. The van der Waals surface area contributed by atoms with Crippen LogP contribution in [0.3, 0.4) is 0 Å². The van der Waals surface area contributed by atoms with Crippen LogP contribution in [0.4, 0.5) is 0 Å². The van der Waals surface area contributed by atoms with Crippen molar-refractivity contribution in [3.8, 4) is 0 Å². The highest BCUT2D eigenvalue weighted by Crippen LogP contribution is 2.24. The molecule has 3 aromatic rings. The van der Waals surface area contributed by atoms with Crippen LogP contribution in [0.5, 0.6) is 0 Å². The maximum Gasteiger partial charge on any atom is 0.261 e. The fraction of sp³-hybridized carbons (Fsp3) is 0.423. The van der Waals surface area contributed by atoms with E-state index in [1.807, 2.05) is 42.2 Å². The van der Waals surface area contributed by atoms with E-state index < -0.39 is 0 Å². The van der Waals surface area contributed by atoms with Crippen LogP contribution in [0.2, 0.25) is 5.02 Å². The summed E-state index contributed by atoms with van der Waals surface area (Å²) in [6.45, 7) is 4.60. The minimum absolute atomic E-state index is 0.0818. The average molecular weight is 454 g/mol. The van der Waals surface area contributed by atoms with Gasteiger partial charge in [-0.05, 0) is 37.1 Å². The van der Waals surface area contributed by atoms with Crippen molar-refractivity contribution in [1.29, 1.82) is 0 Å². The number of benzene rings is 2. The molecule has 1 aromatic heterocycles. The smallest absolute Gasteiger partial charge is 0.261 e. The number of rotatable bonds is 10. The van der Waals surface area contributed by atoms with Gasteiger partial charge in [0.15, 0.2) is 0 Å². The summed E-state index contributed by atoms with van der Waals surface area (Å²) in [5.41, 5.74) is 1.46. The molecule has 2 aromatic carbocycles. The molecule has 0 N–H and O–H groups in total. The van der Waals surface area contributed by atoms with E-state index in [1.165, 1.54) is 12.8 Å². The zero-order valence-corrected chi connectivity index (χ0v) is 19.9. The molecular formula is C26H32ClN3O2. The highest BCUT2D eigenvalue weighted by atomic mass is 35.5. The number of halogens is 1. The fourth-order valence-corrected chi connectivity index (χ4v) is 4.19. The number of carbonyl (C=O) groups excluding carboxylic acids is 1. The molecule has 0 aliphatic carbocycles. The van der Waals surface area contributed by atoms with Gasteiger partial charge in [0.25, 0.3) is 5.56 Å². The van der Waals surface area contributed by atoms with E-state index in [2.05, 4.69) is 6.92 Å². The Bertz CT molecular complexity index is 1110. The zero-order valence-electron chi connectivity index (χ0n) is 19.2. The van der Waals surface area contributed by atoms with E-state index in [0.717, 1.165) is 24.8 Å². The monoisotopic (exact) mass is 453 g/mol.